The van der Waals surface area contributed by atoms with Crippen molar-refractivity contribution in [1.82, 2.24) is 14.8 Å². The van der Waals surface area contributed by atoms with Gasteiger partial charge in [-0.25, -0.2) is 9.67 Å². The maximum absolute atomic E-state index is 12.0. The summed E-state index contributed by atoms with van der Waals surface area (Å²) < 4.78 is 6.97. The Hall–Kier alpha value is -1.23. The first-order valence-electron chi connectivity index (χ1n) is 6.04. The van der Waals surface area contributed by atoms with Crippen LogP contribution in [0.4, 0.5) is 0 Å². The molecular formula is C12H21N3O2. The third-order valence-corrected chi connectivity index (χ3v) is 2.66. The minimum Gasteiger partial charge on any atom is -0.374 e. The average Bonchev–Trinajstić information content (AvgIpc) is 2.73. The monoisotopic (exact) mass is 239 g/mol. The lowest BCUT2D eigenvalue weighted by molar-refractivity contribution is -0.128. The second kappa shape index (κ2) is 6.49. The van der Waals surface area contributed by atoms with Crippen molar-refractivity contribution in [3.8, 4) is 0 Å². The molecule has 0 saturated heterocycles. The van der Waals surface area contributed by atoms with Crippen molar-refractivity contribution in [1.29, 1.82) is 0 Å². The van der Waals surface area contributed by atoms with Crippen LogP contribution < -0.4 is 0 Å². The van der Waals surface area contributed by atoms with E-state index in [0.29, 0.717) is 5.82 Å². The van der Waals surface area contributed by atoms with E-state index >= 15 is 0 Å². The van der Waals surface area contributed by atoms with Gasteiger partial charge in [-0.1, -0.05) is 13.3 Å². The van der Waals surface area contributed by atoms with Crippen LogP contribution in [0.15, 0.2) is 6.33 Å². The molecular weight excluding hydrogens is 218 g/mol. The van der Waals surface area contributed by atoms with Crippen LogP contribution in [-0.4, -0.2) is 33.8 Å². The Morgan fingerprint density at radius 3 is 2.76 bits per heavy atom. The second-order valence-corrected chi connectivity index (χ2v) is 4.37. The highest BCUT2D eigenvalue weighted by atomic mass is 16.5. The second-order valence-electron chi connectivity index (χ2n) is 4.37. The molecule has 5 heteroatoms. The minimum atomic E-state index is -0.322. The number of carbonyl (C=O) groups is 1. The molecule has 5 nitrogen and oxygen atoms in total. The summed E-state index contributed by atoms with van der Waals surface area (Å²) in [5.41, 5.74) is 0. The maximum Gasteiger partial charge on any atom is 0.169 e. The summed E-state index contributed by atoms with van der Waals surface area (Å²) in [5.74, 6) is 0.785. The fourth-order valence-corrected chi connectivity index (χ4v) is 1.77. The van der Waals surface area contributed by atoms with Crippen molar-refractivity contribution in [2.45, 2.75) is 52.2 Å². The van der Waals surface area contributed by atoms with Crippen LogP contribution >= 0.6 is 0 Å². The number of hydrogen-bond donors (Lipinski definition) is 0. The molecule has 0 amide bonds. The number of nitrogens with zero attached hydrogens (tertiary/aromatic N) is 3. The first kappa shape index (κ1) is 13.8. The Labute approximate surface area is 102 Å². The molecule has 1 unspecified atom stereocenters. The number of ketones is 1. The molecule has 0 saturated carbocycles. The largest absolute Gasteiger partial charge is 0.374 e. The molecule has 1 rings (SSSR count). The highest BCUT2D eigenvalue weighted by Gasteiger charge is 2.20. The summed E-state index contributed by atoms with van der Waals surface area (Å²) in [6, 6.07) is 0.215. The first-order chi connectivity index (χ1) is 8.10. The molecule has 0 N–H and O–H groups in total. The average molecular weight is 239 g/mol. The zero-order chi connectivity index (χ0) is 12.8. The lowest BCUT2D eigenvalue weighted by Crippen LogP contribution is -2.26. The third kappa shape index (κ3) is 3.63. The van der Waals surface area contributed by atoms with Crippen molar-refractivity contribution in [2.75, 3.05) is 7.11 Å². The van der Waals surface area contributed by atoms with Gasteiger partial charge in [-0.2, -0.15) is 5.10 Å². The molecule has 1 aromatic heterocycles. The van der Waals surface area contributed by atoms with E-state index in [1.807, 2.05) is 20.8 Å². The summed E-state index contributed by atoms with van der Waals surface area (Å²) in [7, 11) is 1.57. The summed E-state index contributed by atoms with van der Waals surface area (Å²) in [6.07, 6.45) is 3.14. The Morgan fingerprint density at radius 2 is 2.24 bits per heavy atom. The van der Waals surface area contributed by atoms with Crippen molar-refractivity contribution in [3.63, 3.8) is 0 Å². The van der Waals surface area contributed by atoms with Crippen molar-refractivity contribution in [3.05, 3.63) is 12.2 Å². The normalized spacial score (nSPS) is 13.0. The fourth-order valence-electron chi connectivity index (χ4n) is 1.77. The number of ether oxygens (including phenoxy) is 1. The zero-order valence-electron chi connectivity index (χ0n) is 11.0. The Morgan fingerprint density at radius 1 is 1.53 bits per heavy atom. The Kier molecular flexibility index (Phi) is 5.28. The number of hydrogen-bond acceptors (Lipinski definition) is 4. The van der Waals surface area contributed by atoms with Crippen LogP contribution in [0.25, 0.3) is 0 Å². The zero-order valence-corrected chi connectivity index (χ0v) is 11.0. The standard InChI is InChI=1S/C12H21N3O2/c1-5-6-11(17-4)10(16)7-12-13-8-14-15(12)9(2)3/h8-9,11H,5-7H2,1-4H3. The number of carbonyl (C=O) groups excluding carboxylic acids is 1. The van der Waals surface area contributed by atoms with Crippen molar-refractivity contribution >= 4 is 5.78 Å². The molecule has 0 aliphatic rings. The number of aromatic nitrogens is 3. The molecule has 0 aliphatic carbocycles. The van der Waals surface area contributed by atoms with Gasteiger partial charge < -0.3 is 4.74 Å². The molecule has 1 atom stereocenters. The van der Waals surface area contributed by atoms with E-state index in [9.17, 15) is 4.79 Å². The molecule has 1 heterocycles. The van der Waals surface area contributed by atoms with Crippen molar-refractivity contribution < 1.29 is 9.53 Å². The molecule has 0 bridgehead atoms. The van der Waals surface area contributed by atoms with E-state index in [-0.39, 0.29) is 24.3 Å². The van der Waals surface area contributed by atoms with Gasteiger partial charge in [0.25, 0.3) is 0 Å². The van der Waals surface area contributed by atoms with Gasteiger partial charge >= 0.3 is 0 Å². The lowest BCUT2D eigenvalue weighted by Gasteiger charge is -2.14. The van der Waals surface area contributed by atoms with Crippen LogP contribution in [0.1, 0.15) is 45.5 Å². The van der Waals surface area contributed by atoms with E-state index in [1.54, 1.807) is 11.8 Å². The molecule has 0 aromatic carbocycles. The molecule has 0 fully saturated rings. The van der Waals surface area contributed by atoms with E-state index in [1.165, 1.54) is 6.33 Å². The molecule has 1 aromatic rings. The Balaban J connectivity index is 2.69. The molecule has 96 valence electrons. The number of rotatable bonds is 7. The fraction of sp³-hybridized carbons (Fsp3) is 0.750. The van der Waals surface area contributed by atoms with Crippen molar-refractivity contribution in [2.24, 2.45) is 0 Å². The maximum atomic E-state index is 12.0. The quantitative estimate of drug-likeness (QED) is 0.728. The minimum absolute atomic E-state index is 0.0734. The molecule has 17 heavy (non-hydrogen) atoms. The summed E-state index contributed by atoms with van der Waals surface area (Å²) in [4.78, 5) is 16.1. The van der Waals surface area contributed by atoms with E-state index in [4.69, 9.17) is 4.74 Å². The molecule has 0 spiro atoms. The lowest BCUT2D eigenvalue weighted by atomic mass is 10.1. The SMILES string of the molecule is CCCC(OC)C(=O)Cc1ncnn1C(C)C. The van der Waals surface area contributed by atoms with E-state index < -0.39 is 0 Å². The van der Waals surface area contributed by atoms with Gasteiger partial charge in [-0.15, -0.1) is 0 Å². The number of Topliss-reactive ketones (excluding diaryl/α,β-unsaturated/α-hetero) is 1. The van der Waals surface area contributed by atoms with Gasteiger partial charge in [0.2, 0.25) is 0 Å². The first-order valence-corrected chi connectivity index (χ1v) is 6.04. The van der Waals surface area contributed by atoms with Gasteiger partial charge in [0.15, 0.2) is 5.78 Å². The predicted octanol–water partition coefficient (Wildman–Crippen LogP) is 1.79. The third-order valence-electron chi connectivity index (χ3n) is 2.66. The summed E-state index contributed by atoms with van der Waals surface area (Å²) in [5, 5.41) is 4.11. The summed E-state index contributed by atoms with van der Waals surface area (Å²) >= 11 is 0. The van der Waals surface area contributed by atoms with E-state index in [2.05, 4.69) is 10.1 Å². The topological polar surface area (TPSA) is 57.0 Å². The number of methoxy groups -OCH3 is 1. The van der Waals surface area contributed by atoms with Gasteiger partial charge in [-0.3, -0.25) is 4.79 Å². The van der Waals surface area contributed by atoms with Crippen LogP contribution in [0, 0.1) is 0 Å². The van der Waals surface area contributed by atoms with Crippen LogP contribution in [0.2, 0.25) is 0 Å². The van der Waals surface area contributed by atoms with Crippen LogP contribution in [0.5, 0.6) is 0 Å². The van der Waals surface area contributed by atoms with Gasteiger partial charge in [0.1, 0.15) is 18.3 Å². The van der Waals surface area contributed by atoms with Crippen LogP contribution in [0.3, 0.4) is 0 Å². The van der Waals surface area contributed by atoms with Crippen LogP contribution in [-0.2, 0) is 16.0 Å². The molecule has 0 aliphatic heterocycles. The Bertz CT molecular complexity index is 360. The van der Waals surface area contributed by atoms with Gasteiger partial charge in [0, 0.05) is 13.2 Å². The highest BCUT2D eigenvalue weighted by molar-refractivity contribution is 5.84. The van der Waals surface area contributed by atoms with E-state index in [0.717, 1.165) is 12.8 Å². The smallest absolute Gasteiger partial charge is 0.169 e. The van der Waals surface area contributed by atoms with Gasteiger partial charge in [0.05, 0.1) is 6.42 Å². The highest BCUT2D eigenvalue weighted by Crippen LogP contribution is 2.10. The summed E-state index contributed by atoms with van der Waals surface area (Å²) in [6.45, 7) is 6.07. The predicted molar refractivity (Wildman–Crippen MR) is 64.8 cm³/mol. The molecule has 0 radical (unpaired) electrons. The van der Waals surface area contributed by atoms with Gasteiger partial charge in [-0.05, 0) is 20.3 Å².